The quantitative estimate of drug-likeness (QED) is 0.569. The van der Waals surface area contributed by atoms with Crippen molar-refractivity contribution in [2.45, 2.75) is 44.9 Å². The molecule has 1 fully saturated rings. The minimum absolute atomic E-state index is 0.0480. The largest absolute Gasteiger partial charge is 0.375 e. The van der Waals surface area contributed by atoms with Crippen LogP contribution < -0.4 is 0 Å². The average Bonchev–Trinajstić information content (AvgIpc) is 2.64. The molecule has 2 heterocycles. The Balaban J connectivity index is 2.13. The minimum Gasteiger partial charge on any atom is -0.375 e. The molecule has 16 heavy (non-hydrogen) atoms. The first-order valence-electron chi connectivity index (χ1n) is 5.40. The molecule has 1 aromatic heterocycles. The van der Waals surface area contributed by atoms with Gasteiger partial charge in [-0.05, 0) is 26.7 Å². The van der Waals surface area contributed by atoms with E-state index in [9.17, 15) is 10.1 Å². The highest BCUT2D eigenvalue weighted by Gasteiger charge is 2.27. The first-order valence-corrected chi connectivity index (χ1v) is 5.40. The molecular weight excluding hydrogens is 210 g/mol. The molecule has 1 aromatic rings. The third-order valence-electron chi connectivity index (χ3n) is 2.85. The summed E-state index contributed by atoms with van der Waals surface area (Å²) >= 11 is 0. The third kappa shape index (κ3) is 2.21. The molecule has 1 aliphatic heterocycles. The molecule has 0 amide bonds. The van der Waals surface area contributed by atoms with Gasteiger partial charge in [0.15, 0.2) is 0 Å². The molecule has 0 N–H and O–H groups in total. The fourth-order valence-corrected chi connectivity index (χ4v) is 2.21. The second-order valence-corrected chi connectivity index (χ2v) is 4.32. The maximum atomic E-state index is 10.6. The standard InChI is InChI=1S/C10H15N3O3/c1-7-3-9(4-8(2)16-7)12-6-10(5-11-12)13(14)15/h5-9H,3-4H2,1-2H3/t7-,8+,9?. The van der Waals surface area contributed by atoms with E-state index in [2.05, 4.69) is 5.10 Å². The number of ether oxygens (including phenoxy) is 1. The van der Waals surface area contributed by atoms with Crippen molar-refractivity contribution in [2.24, 2.45) is 0 Å². The van der Waals surface area contributed by atoms with Gasteiger partial charge in [0.05, 0.1) is 23.2 Å². The molecule has 0 saturated carbocycles. The molecule has 1 aliphatic rings. The van der Waals surface area contributed by atoms with Gasteiger partial charge in [-0.25, -0.2) is 0 Å². The van der Waals surface area contributed by atoms with Gasteiger partial charge in [-0.3, -0.25) is 14.8 Å². The van der Waals surface area contributed by atoms with Gasteiger partial charge in [0.1, 0.15) is 12.4 Å². The summed E-state index contributed by atoms with van der Waals surface area (Å²) in [7, 11) is 0. The van der Waals surface area contributed by atoms with Crippen LogP contribution in [0.5, 0.6) is 0 Å². The van der Waals surface area contributed by atoms with Crippen molar-refractivity contribution < 1.29 is 9.66 Å². The van der Waals surface area contributed by atoms with Crippen LogP contribution in [0, 0.1) is 10.1 Å². The van der Waals surface area contributed by atoms with E-state index in [1.165, 1.54) is 12.4 Å². The van der Waals surface area contributed by atoms with Crippen LogP contribution in [-0.2, 0) is 4.74 Å². The average molecular weight is 225 g/mol. The van der Waals surface area contributed by atoms with E-state index in [1.807, 2.05) is 13.8 Å². The number of hydrogen-bond acceptors (Lipinski definition) is 4. The van der Waals surface area contributed by atoms with Crippen LogP contribution in [0.15, 0.2) is 12.4 Å². The summed E-state index contributed by atoms with van der Waals surface area (Å²) in [6, 6.07) is 0.201. The molecule has 6 heteroatoms. The van der Waals surface area contributed by atoms with E-state index in [0.29, 0.717) is 0 Å². The van der Waals surface area contributed by atoms with E-state index in [0.717, 1.165) is 12.8 Å². The molecule has 0 radical (unpaired) electrons. The van der Waals surface area contributed by atoms with Crippen LogP contribution in [0.1, 0.15) is 32.7 Å². The Morgan fingerprint density at radius 1 is 1.50 bits per heavy atom. The number of nitrogens with zero attached hydrogens (tertiary/aromatic N) is 3. The predicted molar refractivity (Wildman–Crippen MR) is 57.2 cm³/mol. The van der Waals surface area contributed by atoms with Gasteiger partial charge in [-0.2, -0.15) is 5.10 Å². The van der Waals surface area contributed by atoms with E-state index in [4.69, 9.17) is 4.74 Å². The third-order valence-corrected chi connectivity index (χ3v) is 2.85. The van der Waals surface area contributed by atoms with Gasteiger partial charge in [0.2, 0.25) is 0 Å². The van der Waals surface area contributed by atoms with Crippen LogP contribution in [0.4, 0.5) is 5.69 Å². The molecule has 0 aliphatic carbocycles. The van der Waals surface area contributed by atoms with Crippen molar-refractivity contribution in [3.8, 4) is 0 Å². The Bertz CT molecular complexity index is 380. The van der Waals surface area contributed by atoms with Crippen molar-refractivity contribution in [2.75, 3.05) is 0 Å². The maximum Gasteiger partial charge on any atom is 0.307 e. The topological polar surface area (TPSA) is 70.2 Å². The lowest BCUT2D eigenvalue weighted by molar-refractivity contribution is -0.385. The van der Waals surface area contributed by atoms with Crippen molar-refractivity contribution >= 4 is 5.69 Å². The van der Waals surface area contributed by atoms with E-state index < -0.39 is 4.92 Å². The zero-order valence-electron chi connectivity index (χ0n) is 9.37. The van der Waals surface area contributed by atoms with Crippen LogP contribution >= 0.6 is 0 Å². The molecule has 88 valence electrons. The minimum atomic E-state index is -0.421. The Morgan fingerprint density at radius 2 is 2.12 bits per heavy atom. The lowest BCUT2D eigenvalue weighted by Gasteiger charge is -2.31. The normalized spacial score (nSPS) is 30.2. The smallest absolute Gasteiger partial charge is 0.307 e. The highest BCUT2D eigenvalue weighted by Crippen LogP contribution is 2.29. The van der Waals surface area contributed by atoms with Crippen molar-refractivity contribution in [3.63, 3.8) is 0 Å². The summed E-state index contributed by atoms with van der Waals surface area (Å²) in [5, 5.41) is 14.6. The maximum absolute atomic E-state index is 10.6. The molecule has 3 atom stereocenters. The molecule has 1 unspecified atom stereocenters. The van der Waals surface area contributed by atoms with Gasteiger partial charge in [0.25, 0.3) is 0 Å². The SMILES string of the molecule is C[C@@H]1CC(n2cc([N+](=O)[O-])cn2)C[C@H](C)O1. The molecule has 0 aromatic carbocycles. The zero-order chi connectivity index (χ0) is 11.7. The molecule has 1 saturated heterocycles. The van der Waals surface area contributed by atoms with Crippen LogP contribution in [0.2, 0.25) is 0 Å². The lowest BCUT2D eigenvalue weighted by Crippen LogP contribution is -2.31. The molecule has 0 bridgehead atoms. The van der Waals surface area contributed by atoms with Gasteiger partial charge in [-0.1, -0.05) is 0 Å². The first-order chi connectivity index (χ1) is 7.56. The van der Waals surface area contributed by atoms with E-state index in [-0.39, 0.29) is 23.9 Å². The highest BCUT2D eigenvalue weighted by molar-refractivity contribution is 5.21. The zero-order valence-corrected chi connectivity index (χ0v) is 9.37. The van der Waals surface area contributed by atoms with Crippen LogP contribution in [0.25, 0.3) is 0 Å². The summed E-state index contributed by atoms with van der Waals surface area (Å²) in [6.07, 6.45) is 4.85. The number of hydrogen-bond donors (Lipinski definition) is 0. The van der Waals surface area contributed by atoms with E-state index in [1.54, 1.807) is 4.68 Å². The Labute approximate surface area is 93.4 Å². The Hall–Kier alpha value is -1.43. The van der Waals surface area contributed by atoms with Crippen LogP contribution in [-0.4, -0.2) is 26.9 Å². The van der Waals surface area contributed by atoms with Gasteiger partial charge < -0.3 is 4.74 Å². The van der Waals surface area contributed by atoms with Gasteiger partial charge >= 0.3 is 5.69 Å². The summed E-state index contributed by atoms with van der Waals surface area (Å²) in [5.41, 5.74) is 0.0480. The monoisotopic (exact) mass is 225 g/mol. The second-order valence-electron chi connectivity index (χ2n) is 4.32. The fourth-order valence-electron chi connectivity index (χ4n) is 2.21. The van der Waals surface area contributed by atoms with Gasteiger partial charge in [-0.15, -0.1) is 0 Å². The molecular formula is C10H15N3O3. The Morgan fingerprint density at radius 3 is 2.62 bits per heavy atom. The van der Waals surface area contributed by atoms with Crippen molar-refractivity contribution in [1.29, 1.82) is 0 Å². The number of nitro groups is 1. The lowest BCUT2D eigenvalue weighted by atomic mass is 10.0. The Kier molecular flexibility index (Phi) is 2.91. The number of rotatable bonds is 2. The second kappa shape index (κ2) is 4.21. The number of aromatic nitrogens is 2. The summed E-state index contributed by atoms with van der Waals surface area (Å²) in [4.78, 5) is 10.1. The molecule has 2 rings (SSSR count). The van der Waals surface area contributed by atoms with Crippen LogP contribution in [0.3, 0.4) is 0 Å². The highest BCUT2D eigenvalue weighted by atomic mass is 16.6. The first kappa shape index (κ1) is 11.1. The van der Waals surface area contributed by atoms with Crippen molar-refractivity contribution in [3.05, 3.63) is 22.5 Å². The van der Waals surface area contributed by atoms with Crippen molar-refractivity contribution in [1.82, 2.24) is 9.78 Å². The summed E-state index contributed by atoms with van der Waals surface area (Å²) < 4.78 is 7.31. The molecule has 0 spiro atoms. The molecule has 6 nitrogen and oxygen atoms in total. The summed E-state index contributed by atoms with van der Waals surface area (Å²) in [6.45, 7) is 4.03. The predicted octanol–water partition coefficient (Wildman–Crippen LogP) is 1.92. The van der Waals surface area contributed by atoms with Gasteiger partial charge in [0, 0.05) is 0 Å². The fraction of sp³-hybridized carbons (Fsp3) is 0.700. The van der Waals surface area contributed by atoms with E-state index >= 15 is 0 Å². The summed E-state index contributed by atoms with van der Waals surface area (Å²) in [5.74, 6) is 0.